The molecule has 0 amide bonds. The van der Waals surface area contributed by atoms with Crippen LogP contribution < -0.4 is 4.74 Å². The van der Waals surface area contributed by atoms with Crippen molar-refractivity contribution in [3.05, 3.63) is 53.7 Å². The first-order valence-electron chi connectivity index (χ1n) is 11.9. The Balaban J connectivity index is 1.97. The number of H-pyrrole nitrogens is 1. The van der Waals surface area contributed by atoms with Crippen LogP contribution in [0.2, 0.25) is 0 Å². The van der Waals surface area contributed by atoms with Gasteiger partial charge in [0.1, 0.15) is 17.1 Å². The van der Waals surface area contributed by atoms with Gasteiger partial charge >= 0.3 is 6.18 Å². The number of alkyl halides is 3. The molecule has 4 nitrogen and oxygen atoms in total. The number of aromatic nitrogens is 3. The summed E-state index contributed by atoms with van der Waals surface area (Å²) in [6.45, 7) is 11.3. The summed E-state index contributed by atoms with van der Waals surface area (Å²) < 4.78 is 45.5. The van der Waals surface area contributed by atoms with Crippen molar-refractivity contribution in [1.82, 2.24) is 15.2 Å². The maximum Gasteiger partial charge on any atom is 0.432 e. The molecule has 34 heavy (non-hydrogen) atoms. The van der Waals surface area contributed by atoms with Crippen LogP contribution in [0.5, 0.6) is 5.75 Å². The summed E-state index contributed by atoms with van der Waals surface area (Å²) in [5, 5.41) is 5.94. The fraction of sp³-hybridized carbons (Fsp3) is 0.481. The minimum absolute atomic E-state index is 0.0127. The van der Waals surface area contributed by atoms with E-state index in [0.717, 1.165) is 37.3 Å². The van der Waals surface area contributed by atoms with Gasteiger partial charge in [-0.2, -0.15) is 18.3 Å². The van der Waals surface area contributed by atoms with E-state index in [1.807, 2.05) is 18.2 Å². The van der Waals surface area contributed by atoms with Gasteiger partial charge < -0.3 is 4.74 Å². The predicted molar refractivity (Wildman–Crippen MR) is 130 cm³/mol. The molecule has 2 heterocycles. The lowest BCUT2D eigenvalue weighted by Crippen LogP contribution is -2.11. The van der Waals surface area contributed by atoms with Crippen molar-refractivity contribution >= 4 is 0 Å². The topological polar surface area (TPSA) is 50.8 Å². The highest BCUT2D eigenvalue weighted by atomic mass is 19.4. The van der Waals surface area contributed by atoms with E-state index >= 15 is 0 Å². The van der Waals surface area contributed by atoms with E-state index in [2.05, 4.69) is 61.9 Å². The number of ether oxygens (including phenoxy) is 1. The molecule has 1 atom stereocenters. The summed E-state index contributed by atoms with van der Waals surface area (Å²) in [7, 11) is 0. The number of nitrogens with zero attached hydrogens (tertiary/aromatic N) is 2. The van der Waals surface area contributed by atoms with E-state index in [1.165, 1.54) is 5.56 Å². The Morgan fingerprint density at radius 2 is 1.62 bits per heavy atom. The van der Waals surface area contributed by atoms with E-state index in [0.29, 0.717) is 29.7 Å². The summed E-state index contributed by atoms with van der Waals surface area (Å²) in [5.74, 6) is 1.000. The number of rotatable bonds is 9. The highest BCUT2D eigenvalue weighted by molar-refractivity contribution is 5.67. The number of hydrogen-bond acceptors (Lipinski definition) is 3. The van der Waals surface area contributed by atoms with Crippen LogP contribution in [0.15, 0.2) is 42.5 Å². The molecular formula is C27H34F3N3O. The maximum absolute atomic E-state index is 13.1. The summed E-state index contributed by atoms with van der Waals surface area (Å²) in [6.07, 6.45) is -0.139. The Morgan fingerprint density at radius 3 is 2.18 bits per heavy atom. The largest absolute Gasteiger partial charge is 0.493 e. The molecule has 184 valence electrons. The lowest BCUT2D eigenvalue weighted by atomic mass is 9.86. The fourth-order valence-electron chi connectivity index (χ4n) is 3.72. The van der Waals surface area contributed by atoms with Crippen molar-refractivity contribution < 1.29 is 17.9 Å². The smallest absolute Gasteiger partial charge is 0.432 e. The fourth-order valence-corrected chi connectivity index (χ4v) is 3.72. The molecular weight excluding hydrogens is 439 g/mol. The standard InChI is InChI=1S/C27H34F3N3O/c1-6-8-9-18(7-2)17-34-21-14-22(19-10-12-20(13-11-19)26(3,4)5)31-23(15-21)24-16-25(33-32-24)27(28,29)30/h10-16,18H,6-9,17H2,1-5H3,(H,32,33). The number of pyridine rings is 1. The molecule has 3 rings (SSSR count). The van der Waals surface area contributed by atoms with Crippen LogP contribution in [0.4, 0.5) is 13.2 Å². The average Bonchev–Trinajstić information content (AvgIpc) is 3.30. The van der Waals surface area contributed by atoms with Crippen molar-refractivity contribution in [3.8, 4) is 28.4 Å². The number of benzene rings is 1. The Bertz CT molecular complexity index is 1070. The number of halogens is 3. The SMILES string of the molecule is CCCCC(CC)COc1cc(-c2ccc(C(C)(C)C)cc2)nc(-c2cc(C(F)(F)F)[nH]n2)c1. The van der Waals surface area contributed by atoms with Crippen molar-refractivity contribution in [3.63, 3.8) is 0 Å². The molecule has 0 spiro atoms. The molecule has 2 aromatic heterocycles. The molecule has 1 aromatic carbocycles. The van der Waals surface area contributed by atoms with E-state index in [-0.39, 0.29) is 11.1 Å². The lowest BCUT2D eigenvalue weighted by Gasteiger charge is -2.19. The summed E-state index contributed by atoms with van der Waals surface area (Å²) in [5.41, 5.74) is 2.25. The molecule has 0 saturated heterocycles. The van der Waals surface area contributed by atoms with Gasteiger partial charge in [0.2, 0.25) is 0 Å². The molecule has 0 aliphatic carbocycles. The molecule has 0 aliphatic rings. The van der Waals surface area contributed by atoms with Gasteiger partial charge in [0.15, 0.2) is 0 Å². The van der Waals surface area contributed by atoms with Crippen molar-refractivity contribution in [2.45, 2.75) is 71.9 Å². The molecule has 0 bridgehead atoms. The first-order valence-corrected chi connectivity index (χ1v) is 11.9. The highest BCUT2D eigenvalue weighted by Crippen LogP contribution is 2.33. The minimum atomic E-state index is -4.50. The second-order valence-electron chi connectivity index (χ2n) is 9.79. The molecule has 7 heteroatoms. The van der Waals surface area contributed by atoms with Gasteiger partial charge in [-0.25, -0.2) is 4.98 Å². The third-order valence-electron chi connectivity index (χ3n) is 6.02. The van der Waals surface area contributed by atoms with Crippen LogP contribution in [0.3, 0.4) is 0 Å². The van der Waals surface area contributed by atoms with Gasteiger partial charge in [-0.1, -0.05) is 78.1 Å². The first kappa shape index (κ1) is 25.8. The maximum atomic E-state index is 13.1. The van der Waals surface area contributed by atoms with Crippen molar-refractivity contribution in [2.75, 3.05) is 6.61 Å². The number of unbranched alkanes of at least 4 members (excludes halogenated alkanes) is 1. The van der Waals surface area contributed by atoms with Gasteiger partial charge in [0.25, 0.3) is 0 Å². The summed E-state index contributed by atoms with van der Waals surface area (Å²) in [6, 6.07) is 12.6. The summed E-state index contributed by atoms with van der Waals surface area (Å²) in [4.78, 5) is 4.63. The summed E-state index contributed by atoms with van der Waals surface area (Å²) >= 11 is 0. The second kappa shape index (κ2) is 10.6. The zero-order valence-electron chi connectivity index (χ0n) is 20.6. The van der Waals surface area contributed by atoms with Gasteiger partial charge in [0.05, 0.1) is 18.0 Å². The van der Waals surface area contributed by atoms with Crippen LogP contribution in [0.1, 0.15) is 71.6 Å². The first-order chi connectivity index (χ1) is 16.0. The van der Waals surface area contributed by atoms with Crippen molar-refractivity contribution in [1.29, 1.82) is 0 Å². The Morgan fingerprint density at radius 1 is 0.941 bits per heavy atom. The number of nitrogens with one attached hydrogen (secondary N) is 1. The zero-order chi connectivity index (χ0) is 24.9. The molecule has 0 radical (unpaired) electrons. The van der Waals surface area contributed by atoms with E-state index in [4.69, 9.17) is 4.74 Å². The predicted octanol–water partition coefficient (Wildman–Crippen LogP) is 8.05. The normalized spacial score (nSPS) is 13.2. The van der Waals surface area contributed by atoms with Gasteiger partial charge in [0, 0.05) is 17.7 Å². The Kier molecular flexibility index (Phi) is 8.05. The second-order valence-corrected chi connectivity index (χ2v) is 9.79. The van der Waals surface area contributed by atoms with Gasteiger partial charge in [-0.05, 0) is 29.4 Å². The van der Waals surface area contributed by atoms with Crippen LogP contribution in [0.25, 0.3) is 22.6 Å². The molecule has 0 aliphatic heterocycles. The molecule has 0 fully saturated rings. The highest BCUT2D eigenvalue weighted by Gasteiger charge is 2.33. The van der Waals surface area contributed by atoms with Crippen LogP contribution in [-0.2, 0) is 11.6 Å². The molecule has 0 saturated carbocycles. The average molecular weight is 474 g/mol. The van der Waals surface area contributed by atoms with Crippen LogP contribution in [0, 0.1) is 5.92 Å². The van der Waals surface area contributed by atoms with E-state index < -0.39 is 11.9 Å². The number of hydrogen-bond donors (Lipinski definition) is 1. The van der Waals surface area contributed by atoms with Crippen LogP contribution >= 0.6 is 0 Å². The minimum Gasteiger partial charge on any atom is -0.493 e. The molecule has 1 N–H and O–H groups in total. The Hall–Kier alpha value is -2.83. The number of aromatic amines is 1. The van der Waals surface area contributed by atoms with E-state index in [1.54, 1.807) is 6.07 Å². The third kappa shape index (κ3) is 6.61. The zero-order valence-corrected chi connectivity index (χ0v) is 20.6. The molecule has 3 aromatic rings. The van der Waals surface area contributed by atoms with Gasteiger partial charge in [-0.3, -0.25) is 5.10 Å². The lowest BCUT2D eigenvalue weighted by molar-refractivity contribution is -0.141. The van der Waals surface area contributed by atoms with E-state index in [9.17, 15) is 13.2 Å². The third-order valence-corrected chi connectivity index (χ3v) is 6.02. The quantitative estimate of drug-likeness (QED) is 0.342. The van der Waals surface area contributed by atoms with Crippen LogP contribution in [-0.4, -0.2) is 21.8 Å². The van der Waals surface area contributed by atoms with Crippen molar-refractivity contribution in [2.24, 2.45) is 5.92 Å². The van der Waals surface area contributed by atoms with Gasteiger partial charge in [-0.15, -0.1) is 0 Å². The Labute approximate surface area is 200 Å². The monoisotopic (exact) mass is 473 g/mol. The molecule has 1 unspecified atom stereocenters.